The van der Waals surface area contributed by atoms with Crippen molar-refractivity contribution in [1.29, 1.82) is 0 Å². The Hall–Kier alpha value is -2.69. The third kappa shape index (κ3) is 2.76. The Labute approximate surface area is 121 Å². The number of nitrogens with one attached hydrogen (secondary N) is 1. The Balaban J connectivity index is 1.94. The van der Waals surface area contributed by atoms with E-state index in [1.807, 2.05) is 26.0 Å². The molecule has 0 bridgehead atoms. The first-order valence-corrected chi connectivity index (χ1v) is 6.55. The van der Waals surface area contributed by atoms with Crippen LogP contribution in [0, 0.1) is 19.7 Å². The van der Waals surface area contributed by atoms with E-state index in [1.165, 1.54) is 12.1 Å². The molecular formula is C16H14FN3O. The maximum absolute atomic E-state index is 13.2. The van der Waals surface area contributed by atoms with Crippen LogP contribution in [0.15, 0.2) is 47.1 Å². The lowest BCUT2D eigenvalue weighted by atomic mass is 10.1. The molecule has 1 aromatic carbocycles. The number of aromatic nitrogens is 2. The highest BCUT2D eigenvalue weighted by Crippen LogP contribution is 2.27. The van der Waals surface area contributed by atoms with Crippen molar-refractivity contribution in [2.75, 3.05) is 5.32 Å². The number of hydrogen-bond acceptors (Lipinski definition) is 4. The standard InChI is InChI=1S/C16H14FN3O/c1-10-16(11(2)21-20-10)15-9-14(6-7-18-15)19-13-5-3-4-12(17)8-13/h3-9H,1-2H3,(H,18,19). The van der Waals surface area contributed by atoms with Crippen LogP contribution in [0.25, 0.3) is 11.3 Å². The van der Waals surface area contributed by atoms with Crippen LogP contribution in [0.4, 0.5) is 15.8 Å². The normalized spacial score (nSPS) is 10.6. The van der Waals surface area contributed by atoms with Crippen LogP contribution in [0.3, 0.4) is 0 Å². The molecular weight excluding hydrogens is 269 g/mol. The first-order valence-electron chi connectivity index (χ1n) is 6.55. The first kappa shape index (κ1) is 13.3. The molecule has 0 aliphatic carbocycles. The third-order valence-corrected chi connectivity index (χ3v) is 3.16. The molecule has 0 fully saturated rings. The Morgan fingerprint density at radius 3 is 2.62 bits per heavy atom. The summed E-state index contributed by atoms with van der Waals surface area (Å²) in [4.78, 5) is 4.35. The summed E-state index contributed by atoms with van der Waals surface area (Å²) in [6, 6.07) is 10.0. The molecule has 2 heterocycles. The van der Waals surface area contributed by atoms with Gasteiger partial charge < -0.3 is 9.84 Å². The molecule has 0 atom stereocenters. The molecule has 0 aliphatic rings. The number of pyridine rings is 1. The van der Waals surface area contributed by atoms with Gasteiger partial charge in [0, 0.05) is 17.6 Å². The van der Waals surface area contributed by atoms with E-state index < -0.39 is 0 Å². The van der Waals surface area contributed by atoms with Crippen molar-refractivity contribution < 1.29 is 8.91 Å². The van der Waals surface area contributed by atoms with E-state index in [0.717, 1.165) is 28.4 Å². The fraction of sp³-hybridized carbons (Fsp3) is 0.125. The van der Waals surface area contributed by atoms with E-state index in [2.05, 4.69) is 15.5 Å². The van der Waals surface area contributed by atoms with Gasteiger partial charge in [-0.1, -0.05) is 11.2 Å². The smallest absolute Gasteiger partial charge is 0.143 e. The molecule has 4 nitrogen and oxygen atoms in total. The molecule has 1 N–H and O–H groups in total. The summed E-state index contributed by atoms with van der Waals surface area (Å²) in [6.07, 6.45) is 1.70. The number of anilines is 2. The van der Waals surface area contributed by atoms with Crippen molar-refractivity contribution in [3.8, 4) is 11.3 Å². The number of halogens is 1. The summed E-state index contributed by atoms with van der Waals surface area (Å²) < 4.78 is 18.4. The van der Waals surface area contributed by atoms with E-state index in [9.17, 15) is 4.39 Å². The molecule has 5 heteroatoms. The van der Waals surface area contributed by atoms with E-state index in [-0.39, 0.29) is 5.82 Å². The van der Waals surface area contributed by atoms with Gasteiger partial charge in [-0.2, -0.15) is 0 Å². The van der Waals surface area contributed by atoms with Gasteiger partial charge in [-0.25, -0.2) is 4.39 Å². The van der Waals surface area contributed by atoms with Gasteiger partial charge in [0.1, 0.15) is 11.6 Å². The van der Waals surface area contributed by atoms with Gasteiger partial charge >= 0.3 is 0 Å². The molecule has 3 rings (SSSR count). The monoisotopic (exact) mass is 283 g/mol. The molecule has 0 amide bonds. The fourth-order valence-corrected chi connectivity index (χ4v) is 2.23. The van der Waals surface area contributed by atoms with E-state index in [4.69, 9.17) is 4.52 Å². The lowest BCUT2D eigenvalue weighted by Gasteiger charge is -2.08. The van der Waals surface area contributed by atoms with Crippen LogP contribution in [0.5, 0.6) is 0 Å². The van der Waals surface area contributed by atoms with E-state index >= 15 is 0 Å². The number of nitrogens with zero attached hydrogens (tertiary/aromatic N) is 2. The number of hydrogen-bond donors (Lipinski definition) is 1. The highest BCUT2D eigenvalue weighted by Gasteiger charge is 2.13. The Kier molecular flexibility index (Phi) is 3.39. The zero-order chi connectivity index (χ0) is 14.8. The summed E-state index contributed by atoms with van der Waals surface area (Å²) >= 11 is 0. The topological polar surface area (TPSA) is 51.0 Å². The van der Waals surface area contributed by atoms with Crippen LogP contribution in [-0.2, 0) is 0 Å². The minimum atomic E-state index is -0.278. The maximum atomic E-state index is 13.2. The van der Waals surface area contributed by atoms with Gasteiger partial charge in [-0.05, 0) is 44.2 Å². The summed E-state index contributed by atoms with van der Waals surface area (Å²) in [7, 11) is 0. The Morgan fingerprint density at radius 1 is 1.10 bits per heavy atom. The molecule has 0 aliphatic heterocycles. The largest absolute Gasteiger partial charge is 0.361 e. The zero-order valence-electron chi connectivity index (χ0n) is 11.7. The van der Waals surface area contributed by atoms with E-state index in [0.29, 0.717) is 5.69 Å². The van der Waals surface area contributed by atoms with Gasteiger partial charge in [0.2, 0.25) is 0 Å². The average Bonchev–Trinajstić information content (AvgIpc) is 2.78. The predicted molar refractivity (Wildman–Crippen MR) is 78.9 cm³/mol. The lowest BCUT2D eigenvalue weighted by molar-refractivity contribution is 0.393. The molecule has 2 aromatic heterocycles. The number of aryl methyl sites for hydroxylation is 2. The van der Waals surface area contributed by atoms with Crippen molar-refractivity contribution in [3.05, 3.63) is 59.9 Å². The average molecular weight is 283 g/mol. The second-order valence-electron chi connectivity index (χ2n) is 4.76. The fourth-order valence-electron chi connectivity index (χ4n) is 2.23. The van der Waals surface area contributed by atoms with Gasteiger partial charge in [-0.15, -0.1) is 0 Å². The van der Waals surface area contributed by atoms with Crippen molar-refractivity contribution in [2.24, 2.45) is 0 Å². The van der Waals surface area contributed by atoms with Crippen LogP contribution < -0.4 is 5.32 Å². The van der Waals surface area contributed by atoms with Gasteiger partial charge in [-0.3, -0.25) is 4.98 Å². The quantitative estimate of drug-likeness (QED) is 0.781. The van der Waals surface area contributed by atoms with Gasteiger partial charge in [0.25, 0.3) is 0 Å². The Morgan fingerprint density at radius 2 is 1.90 bits per heavy atom. The summed E-state index contributed by atoms with van der Waals surface area (Å²) in [5.74, 6) is 0.447. The molecule has 0 saturated heterocycles. The minimum Gasteiger partial charge on any atom is -0.361 e. The lowest BCUT2D eigenvalue weighted by Crippen LogP contribution is -1.93. The van der Waals surface area contributed by atoms with Crippen LogP contribution >= 0.6 is 0 Å². The van der Waals surface area contributed by atoms with Crippen molar-refractivity contribution in [3.63, 3.8) is 0 Å². The van der Waals surface area contributed by atoms with Crippen LogP contribution in [0.1, 0.15) is 11.5 Å². The number of benzene rings is 1. The highest BCUT2D eigenvalue weighted by molar-refractivity contribution is 5.69. The van der Waals surface area contributed by atoms with Crippen molar-refractivity contribution in [2.45, 2.75) is 13.8 Å². The molecule has 0 spiro atoms. The second kappa shape index (κ2) is 5.36. The highest BCUT2D eigenvalue weighted by atomic mass is 19.1. The van der Waals surface area contributed by atoms with E-state index in [1.54, 1.807) is 18.3 Å². The molecule has 0 saturated carbocycles. The minimum absolute atomic E-state index is 0.278. The van der Waals surface area contributed by atoms with Crippen molar-refractivity contribution >= 4 is 11.4 Å². The Bertz CT molecular complexity index is 763. The molecule has 21 heavy (non-hydrogen) atoms. The van der Waals surface area contributed by atoms with Crippen molar-refractivity contribution in [1.82, 2.24) is 10.1 Å². The summed E-state index contributed by atoms with van der Waals surface area (Å²) in [5, 5.41) is 7.09. The van der Waals surface area contributed by atoms with Crippen LogP contribution in [-0.4, -0.2) is 10.1 Å². The SMILES string of the molecule is Cc1noc(C)c1-c1cc(Nc2cccc(F)c2)ccn1. The summed E-state index contributed by atoms with van der Waals surface area (Å²) in [5.41, 5.74) is 3.96. The van der Waals surface area contributed by atoms with Gasteiger partial charge in [0.15, 0.2) is 0 Å². The molecule has 3 aromatic rings. The maximum Gasteiger partial charge on any atom is 0.143 e. The number of rotatable bonds is 3. The molecule has 0 unspecified atom stereocenters. The third-order valence-electron chi connectivity index (χ3n) is 3.16. The van der Waals surface area contributed by atoms with Crippen LogP contribution in [0.2, 0.25) is 0 Å². The summed E-state index contributed by atoms with van der Waals surface area (Å²) in [6.45, 7) is 3.73. The molecule has 106 valence electrons. The predicted octanol–water partition coefficient (Wildman–Crippen LogP) is 4.24. The molecule has 0 radical (unpaired) electrons. The second-order valence-corrected chi connectivity index (χ2v) is 4.76. The van der Waals surface area contributed by atoms with Gasteiger partial charge in [0.05, 0.1) is 17.0 Å². The zero-order valence-corrected chi connectivity index (χ0v) is 11.7. The first-order chi connectivity index (χ1) is 10.1.